The van der Waals surface area contributed by atoms with E-state index < -0.39 is 0 Å². The third-order valence-corrected chi connectivity index (χ3v) is 5.36. The third kappa shape index (κ3) is 3.87. The Balaban J connectivity index is 1.46. The van der Waals surface area contributed by atoms with E-state index in [0.717, 1.165) is 35.7 Å². The highest BCUT2D eigenvalue weighted by molar-refractivity contribution is 6.04. The van der Waals surface area contributed by atoms with E-state index in [1.165, 1.54) is 0 Å². The van der Waals surface area contributed by atoms with Gasteiger partial charge in [-0.1, -0.05) is 29.8 Å². The monoisotopic (exact) mass is 379 g/mol. The molecule has 2 amide bonds. The van der Waals surface area contributed by atoms with Gasteiger partial charge in [0.2, 0.25) is 11.8 Å². The second-order valence-corrected chi connectivity index (χ2v) is 7.35. The fourth-order valence-electron chi connectivity index (χ4n) is 3.75. The van der Waals surface area contributed by atoms with Gasteiger partial charge in [0, 0.05) is 31.7 Å². The molecule has 0 aliphatic carbocycles. The zero-order chi connectivity index (χ0) is 19.5. The van der Waals surface area contributed by atoms with Gasteiger partial charge in [0.05, 0.1) is 30.5 Å². The van der Waals surface area contributed by atoms with Gasteiger partial charge in [0.1, 0.15) is 0 Å². The summed E-state index contributed by atoms with van der Waals surface area (Å²) in [5.74, 6) is -0.472. The number of nitrogens with zero attached hydrogens (tertiary/aromatic N) is 2. The molecule has 0 spiro atoms. The van der Waals surface area contributed by atoms with Crippen molar-refractivity contribution in [3.8, 4) is 0 Å². The lowest BCUT2D eigenvalue weighted by atomic mass is 10.1. The van der Waals surface area contributed by atoms with Crippen LogP contribution in [0.25, 0.3) is 0 Å². The summed E-state index contributed by atoms with van der Waals surface area (Å²) >= 11 is 0. The maximum atomic E-state index is 12.9. The lowest BCUT2D eigenvalue weighted by Gasteiger charge is -2.30. The molecule has 0 saturated carbocycles. The number of carbonyl (C=O) groups excluding carboxylic acids is 2. The van der Waals surface area contributed by atoms with E-state index in [4.69, 9.17) is 4.74 Å². The molecule has 1 N–H and O–H groups in total. The maximum Gasteiger partial charge on any atom is 0.229 e. The van der Waals surface area contributed by atoms with Crippen LogP contribution in [0, 0.1) is 12.8 Å². The number of anilines is 3. The lowest BCUT2D eigenvalue weighted by molar-refractivity contribution is -0.122. The number of ether oxygens (including phenoxy) is 1. The summed E-state index contributed by atoms with van der Waals surface area (Å²) < 4.78 is 5.42. The Bertz CT molecular complexity index is 860. The molecule has 0 radical (unpaired) electrons. The number of nitrogens with one attached hydrogen (secondary N) is 1. The minimum atomic E-state index is -0.355. The molecule has 2 saturated heterocycles. The second-order valence-electron chi connectivity index (χ2n) is 7.35. The quantitative estimate of drug-likeness (QED) is 0.887. The number of aryl methyl sites for hydroxylation is 1. The van der Waals surface area contributed by atoms with Gasteiger partial charge in [-0.15, -0.1) is 0 Å². The smallest absolute Gasteiger partial charge is 0.229 e. The molecule has 1 atom stereocenters. The Morgan fingerprint density at radius 3 is 2.54 bits per heavy atom. The van der Waals surface area contributed by atoms with Gasteiger partial charge in [-0.05, 0) is 31.2 Å². The average molecular weight is 379 g/mol. The predicted octanol–water partition coefficient (Wildman–Crippen LogP) is 2.82. The van der Waals surface area contributed by atoms with Crippen molar-refractivity contribution in [3.63, 3.8) is 0 Å². The van der Waals surface area contributed by atoms with Gasteiger partial charge >= 0.3 is 0 Å². The molecule has 2 aliphatic rings. The Kier molecular flexibility index (Phi) is 5.30. The largest absolute Gasteiger partial charge is 0.378 e. The van der Waals surface area contributed by atoms with Crippen molar-refractivity contribution in [1.29, 1.82) is 0 Å². The molecule has 2 heterocycles. The highest BCUT2D eigenvalue weighted by Gasteiger charge is 2.35. The first-order valence-electron chi connectivity index (χ1n) is 9.71. The number of benzene rings is 2. The fourth-order valence-corrected chi connectivity index (χ4v) is 3.75. The zero-order valence-corrected chi connectivity index (χ0v) is 16.1. The minimum Gasteiger partial charge on any atom is -0.378 e. The third-order valence-electron chi connectivity index (χ3n) is 5.36. The molecule has 2 fully saturated rings. The molecule has 0 unspecified atom stereocenters. The molecule has 146 valence electrons. The van der Waals surface area contributed by atoms with E-state index in [2.05, 4.69) is 10.2 Å². The number of hydrogen-bond donors (Lipinski definition) is 1. The average Bonchev–Trinajstić information content (AvgIpc) is 3.11. The topological polar surface area (TPSA) is 61.9 Å². The standard InChI is InChI=1S/C22H25N3O3/c1-16-6-8-18(9-7-16)25-15-17(14-21(25)26)22(27)23-19-4-2-3-5-20(19)24-10-12-28-13-11-24/h2-9,17H,10-15H2,1H3,(H,23,27)/t17-/m0/s1. The Labute approximate surface area is 165 Å². The minimum absolute atomic E-state index is 0.00883. The number of hydrogen-bond acceptors (Lipinski definition) is 4. The van der Waals surface area contributed by atoms with Gasteiger partial charge in [-0.3, -0.25) is 9.59 Å². The van der Waals surface area contributed by atoms with Gasteiger partial charge in [0.25, 0.3) is 0 Å². The summed E-state index contributed by atoms with van der Waals surface area (Å²) in [6.07, 6.45) is 0.236. The second kappa shape index (κ2) is 8.02. The molecule has 2 aliphatic heterocycles. The van der Waals surface area contributed by atoms with E-state index in [1.807, 2.05) is 55.5 Å². The molecular weight excluding hydrogens is 354 g/mol. The maximum absolute atomic E-state index is 12.9. The first-order valence-corrected chi connectivity index (χ1v) is 9.71. The first-order chi connectivity index (χ1) is 13.6. The Hall–Kier alpha value is -2.86. The van der Waals surface area contributed by atoms with Crippen LogP contribution in [0.4, 0.5) is 17.1 Å². The van der Waals surface area contributed by atoms with E-state index in [0.29, 0.717) is 19.8 Å². The number of amides is 2. The summed E-state index contributed by atoms with van der Waals surface area (Å²) in [4.78, 5) is 29.3. The van der Waals surface area contributed by atoms with Crippen molar-refractivity contribution >= 4 is 28.9 Å². The van der Waals surface area contributed by atoms with Crippen molar-refractivity contribution in [1.82, 2.24) is 0 Å². The molecule has 6 heteroatoms. The lowest BCUT2D eigenvalue weighted by Crippen LogP contribution is -2.37. The zero-order valence-electron chi connectivity index (χ0n) is 16.1. The molecule has 0 aromatic heterocycles. The number of carbonyl (C=O) groups is 2. The van der Waals surface area contributed by atoms with Crippen LogP contribution in [0.3, 0.4) is 0 Å². The molecule has 4 rings (SSSR count). The number of rotatable bonds is 4. The van der Waals surface area contributed by atoms with Crippen LogP contribution in [0.5, 0.6) is 0 Å². The Morgan fingerprint density at radius 2 is 1.79 bits per heavy atom. The van der Waals surface area contributed by atoms with Gasteiger partial charge in [0.15, 0.2) is 0 Å². The molecule has 0 bridgehead atoms. The van der Waals surface area contributed by atoms with Crippen molar-refractivity contribution in [2.45, 2.75) is 13.3 Å². The Morgan fingerprint density at radius 1 is 1.07 bits per heavy atom. The van der Waals surface area contributed by atoms with Crippen LogP contribution in [-0.4, -0.2) is 44.7 Å². The van der Waals surface area contributed by atoms with Crippen molar-refractivity contribution in [2.75, 3.05) is 48.0 Å². The normalized spacial score (nSPS) is 19.8. The van der Waals surface area contributed by atoms with Crippen LogP contribution in [0.1, 0.15) is 12.0 Å². The van der Waals surface area contributed by atoms with Gasteiger partial charge in [-0.25, -0.2) is 0 Å². The van der Waals surface area contributed by atoms with Crippen LogP contribution in [-0.2, 0) is 14.3 Å². The summed E-state index contributed by atoms with van der Waals surface area (Å²) in [6.45, 7) is 5.40. The van der Waals surface area contributed by atoms with Crippen molar-refractivity contribution in [2.24, 2.45) is 5.92 Å². The summed E-state index contributed by atoms with van der Waals surface area (Å²) in [5.41, 5.74) is 3.78. The van der Waals surface area contributed by atoms with Gasteiger partial charge < -0.3 is 19.9 Å². The van der Waals surface area contributed by atoms with E-state index in [-0.39, 0.29) is 24.2 Å². The number of para-hydroxylation sites is 2. The summed E-state index contributed by atoms with van der Waals surface area (Å²) in [5, 5.41) is 3.05. The van der Waals surface area contributed by atoms with E-state index >= 15 is 0 Å². The SMILES string of the molecule is Cc1ccc(N2C[C@@H](C(=O)Nc3ccccc3N3CCOCC3)CC2=O)cc1. The molecular formula is C22H25N3O3. The van der Waals surface area contributed by atoms with Crippen molar-refractivity contribution < 1.29 is 14.3 Å². The molecule has 28 heavy (non-hydrogen) atoms. The van der Waals surface area contributed by atoms with Crippen LogP contribution in [0.2, 0.25) is 0 Å². The van der Waals surface area contributed by atoms with Crippen LogP contribution >= 0.6 is 0 Å². The number of morpholine rings is 1. The summed E-state index contributed by atoms with van der Waals surface area (Å²) in [6, 6.07) is 15.6. The van der Waals surface area contributed by atoms with Crippen LogP contribution < -0.4 is 15.1 Å². The fraction of sp³-hybridized carbons (Fsp3) is 0.364. The highest BCUT2D eigenvalue weighted by atomic mass is 16.5. The highest BCUT2D eigenvalue weighted by Crippen LogP contribution is 2.29. The van der Waals surface area contributed by atoms with Crippen LogP contribution in [0.15, 0.2) is 48.5 Å². The molecule has 2 aromatic rings. The van der Waals surface area contributed by atoms with Crippen molar-refractivity contribution in [3.05, 3.63) is 54.1 Å². The van der Waals surface area contributed by atoms with Gasteiger partial charge in [-0.2, -0.15) is 0 Å². The van der Waals surface area contributed by atoms with E-state index in [1.54, 1.807) is 4.90 Å². The van der Waals surface area contributed by atoms with E-state index in [9.17, 15) is 9.59 Å². The molecule has 6 nitrogen and oxygen atoms in total. The predicted molar refractivity (Wildman–Crippen MR) is 110 cm³/mol. The first kappa shape index (κ1) is 18.5. The summed E-state index contributed by atoms with van der Waals surface area (Å²) in [7, 11) is 0. The molecule has 2 aromatic carbocycles.